The van der Waals surface area contributed by atoms with E-state index in [0.29, 0.717) is 36.4 Å². The van der Waals surface area contributed by atoms with Crippen LogP contribution in [0, 0.1) is 5.92 Å². The molecule has 0 aromatic heterocycles. The minimum Gasteiger partial charge on any atom is -0.490 e. The molecule has 2 N–H and O–H groups in total. The lowest BCUT2D eigenvalue weighted by Gasteiger charge is -2.42. The number of nitrogens with zero attached hydrogens (tertiary/aromatic N) is 1. The van der Waals surface area contributed by atoms with Crippen LogP contribution < -0.4 is 15.4 Å². The van der Waals surface area contributed by atoms with Crippen molar-refractivity contribution in [2.45, 2.75) is 50.4 Å². The van der Waals surface area contributed by atoms with Crippen LogP contribution in [-0.4, -0.2) is 61.6 Å². The Bertz CT molecular complexity index is 823. The van der Waals surface area contributed by atoms with Crippen LogP contribution in [0.2, 0.25) is 0 Å². The van der Waals surface area contributed by atoms with E-state index in [1.807, 2.05) is 0 Å². The average Bonchev–Trinajstić information content (AvgIpc) is 3.56. The lowest BCUT2D eigenvalue weighted by atomic mass is 9.94. The molecule has 1 saturated carbocycles. The molecule has 2 fully saturated rings. The number of anilines is 1. The summed E-state index contributed by atoms with van der Waals surface area (Å²) in [6, 6.07) is 5.03. The van der Waals surface area contributed by atoms with Gasteiger partial charge in [-0.2, -0.15) is 0 Å². The second-order valence-electron chi connectivity index (χ2n) is 8.02. The number of ether oxygens (including phenoxy) is 2. The molecule has 156 valence electrons. The summed E-state index contributed by atoms with van der Waals surface area (Å²) in [7, 11) is 3.38. The summed E-state index contributed by atoms with van der Waals surface area (Å²) in [5.41, 5.74) is 1.04. The first-order chi connectivity index (χ1) is 14.0. The topological polar surface area (TPSA) is 97.0 Å². The molecule has 1 saturated heterocycles. The van der Waals surface area contributed by atoms with Gasteiger partial charge in [0, 0.05) is 25.7 Å². The number of hydrogen-bond acceptors (Lipinski definition) is 5. The molecule has 0 spiro atoms. The van der Waals surface area contributed by atoms with E-state index in [4.69, 9.17) is 9.47 Å². The fourth-order valence-corrected chi connectivity index (χ4v) is 4.00. The Labute approximate surface area is 169 Å². The number of nitrogens with one attached hydrogen (secondary N) is 2. The minimum absolute atomic E-state index is 0.000388. The van der Waals surface area contributed by atoms with Crippen LogP contribution in [0.4, 0.5) is 5.69 Å². The number of amides is 3. The smallest absolute Gasteiger partial charge is 0.257 e. The third-order valence-corrected chi connectivity index (χ3v) is 5.92. The van der Waals surface area contributed by atoms with Crippen molar-refractivity contribution in [1.29, 1.82) is 0 Å². The first-order valence-corrected chi connectivity index (χ1v) is 10.2. The number of rotatable bonds is 4. The third kappa shape index (κ3) is 4.22. The summed E-state index contributed by atoms with van der Waals surface area (Å²) in [6.45, 7) is 0.299. The van der Waals surface area contributed by atoms with Gasteiger partial charge >= 0.3 is 0 Å². The Morgan fingerprint density at radius 3 is 2.72 bits per heavy atom. The maximum atomic E-state index is 13.1. The molecule has 8 heteroatoms. The molecule has 29 heavy (non-hydrogen) atoms. The van der Waals surface area contributed by atoms with Gasteiger partial charge in [-0.05, 0) is 43.9 Å². The largest absolute Gasteiger partial charge is 0.490 e. The predicted octanol–water partition coefficient (Wildman–Crippen LogP) is 1.55. The summed E-state index contributed by atoms with van der Waals surface area (Å²) in [5, 5.41) is 5.50. The molecule has 4 rings (SSSR count). The second-order valence-corrected chi connectivity index (χ2v) is 8.02. The predicted molar refractivity (Wildman–Crippen MR) is 106 cm³/mol. The maximum Gasteiger partial charge on any atom is 0.257 e. The number of carbonyl (C=O) groups is 3. The molecule has 1 aromatic carbocycles. The highest BCUT2D eigenvalue weighted by Crippen LogP contribution is 2.34. The van der Waals surface area contributed by atoms with Crippen molar-refractivity contribution in [3.05, 3.63) is 23.8 Å². The molecule has 1 aromatic rings. The van der Waals surface area contributed by atoms with Gasteiger partial charge in [0.2, 0.25) is 11.8 Å². The van der Waals surface area contributed by atoms with Crippen molar-refractivity contribution < 1.29 is 23.9 Å². The minimum atomic E-state index is -0.297. The molecule has 8 nitrogen and oxygen atoms in total. The lowest BCUT2D eigenvalue weighted by molar-refractivity contribution is -0.133. The second kappa shape index (κ2) is 8.02. The van der Waals surface area contributed by atoms with E-state index < -0.39 is 0 Å². The van der Waals surface area contributed by atoms with Crippen molar-refractivity contribution in [1.82, 2.24) is 10.2 Å². The molecule has 2 aliphatic heterocycles. The summed E-state index contributed by atoms with van der Waals surface area (Å²) in [4.78, 5) is 38.6. The Morgan fingerprint density at radius 1 is 1.21 bits per heavy atom. The van der Waals surface area contributed by atoms with Crippen LogP contribution in [0.1, 0.15) is 42.5 Å². The third-order valence-electron chi connectivity index (χ3n) is 5.92. The zero-order valence-electron chi connectivity index (χ0n) is 16.8. The van der Waals surface area contributed by atoms with E-state index in [-0.39, 0.29) is 41.9 Å². The summed E-state index contributed by atoms with van der Waals surface area (Å²) in [5.74, 6) is 0.345. The van der Waals surface area contributed by atoms with Gasteiger partial charge in [-0.3, -0.25) is 14.4 Å². The van der Waals surface area contributed by atoms with Crippen molar-refractivity contribution in [3.8, 4) is 5.75 Å². The van der Waals surface area contributed by atoms with Crippen LogP contribution >= 0.6 is 0 Å². The summed E-state index contributed by atoms with van der Waals surface area (Å²) >= 11 is 0. The Kier molecular flexibility index (Phi) is 5.45. The molecular weight excluding hydrogens is 374 g/mol. The number of likely N-dealkylation sites (N-methyl/N-ethyl adjacent to an activating group) is 1. The summed E-state index contributed by atoms with van der Waals surface area (Å²) in [6.07, 6.45) is 3.12. The quantitative estimate of drug-likeness (QED) is 0.798. The zero-order valence-corrected chi connectivity index (χ0v) is 16.8. The summed E-state index contributed by atoms with van der Waals surface area (Å²) < 4.78 is 12.0. The van der Waals surface area contributed by atoms with E-state index >= 15 is 0 Å². The average molecular weight is 401 g/mol. The Hall–Kier alpha value is -2.61. The molecule has 3 aliphatic rings. The lowest BCUT2D eigenvalue weighted by Crippen LogP contribution is -2.53. The highest BCUT2D eigenvalue weighted by molar-refractivity contribution is 6.00. The fourth-order valence-electron chi connectivity index (χ4n) is 4.00. The number of carbonyl (C=O) groups excluding carboxylic acids is 3. The van der Waals surface area contributed by atoms with E-state index in [9.17, 15) is 14.4 Å². The van der Waals surface area contributed by atoms with Gasteiger partial charge in [-0.1, -0.05) is 0 Å². The van der Waals surface area contributed by atoms with E-state index in [1.165, 1.54) is 0 Å². The van der Waals surface area contributed by atoms with Crippen molar-refractivity contribution in [3.63, 3.8) is 0 Å². The monoisotopic (exact) mass is 401 g/mol. The first kappa shape index (κ1) is 19.7. The maximum absolute atomic E-state index is 13.1. The molecule has 1 aliphatic carbocycles. The van der Waals surface area contributed by atoms with E-state index in [2.05, 4.69) is 10.6 Å². The van der Waals surface area contributed by atoms with Gasteiger partial charge < -0.3 is 25.0 Å². The van der Waals surface area contributed by atoms with Crippen LogP contribution in [0.15, 0.2) is 18.2 Å². The SMILES string of the molecule is CNC(=O)C[C@H]1CC[C@H]2[C@H](COc3ccc(NC(=O)C4CC4)cc3C(=O)N2C)O1. The van der Waals surface area contributed by atoms with Crippen LogP contribution in [0.5, 0.6) is 5.75 Å². The number of benzene rings is 1. The zero-order chi connectivity index (χ0) is 20.5. The van der Waals surface area contributed by atoms with Crippen LogP contribution in [0.25, 0.3) is 0 Å². The van der Waals surface area contributed by atoms with Crippen molar-refractivity contribution >= 4 is 23.4 Å². The van der Waals surface area contributed by atoms with Gasteiger partial charge in [-0.25, -0.2) is 0 Å². The van der Waals surface area contributed by atoms with E-state index in [1.54, 1.807) is 37.2 Å². The normalized spacial score (nSPS) is 26.3. The molecular formula is C21H27N3O5. The molecule has 0 radical (unpaired) electrons. The van der Waals surface area contributed by atoms with Crippen molar-refractivity contribution in [2.75, 3.05) is 26.0 Å². The first-order valence-electron chi connectivity index (χ1n) is 10.2. The molecule has 3 amide bonds. The van der Waals surface area contributed by atoms with Gasteiger partial charge in [0.1, 0.15) is 18.5 Å². The van der Waals surface area contributed by atoms with Crippen molar-refractivity contribution in [2.24, 2.45) is 5.92 Å². The molecule has 2 heterocycles. The molecule has 3 atom stereocenters. The fraction of sp³-hybridized carbons (Fsp3) is 0.571. The highest BCUT2D eigenvalue weighted by atomic mass is 16.5. The Morgan fingerprint density at radius 2 is 2.00 bits per heavy atom. The van der Waals surface area contributed by atoms with E-state index in [0.717, 1.165) is 19.3 Å². The highest BCUT2D eigenvalue weighted by Gasteiger charge is 2.39. The number of fused-ring (bicyclic) bond motifs is 2. The van der Waals surface area contributed by atoms with Gasteiger partial charge in [0.05, 0.1) is 24.1 Å². The Balaban J connectivity index is 1.51. The molecule has 0 bridgehead atoms. The van der Waals surface area contributed by atoms with Gasteiger partial charge in [0.15, 0.2) is 0 Å². The molecule has 0 unspecified atom stereocenters. The van der Waals surface area contributed by atoms with Crippen LogP contribution in [-0.2, 0) is 14.3 Å². The van der Waals surface area contributed by atoms with Gasteiger partial charge in [-0.15, -0.1) is 0 Å². The standard InChI is InChI=1S/C21H27N3O5/c1-22-19(25)10-14-6-7-16-18(29-14)11-28-17-8-5-13(23-20(26)12-3-4-12)9-15(17)21(27)24(16)2/h5,8-9,12,14,16,18H,3-4,6-7,10-11H2,1-2H3,(H,22,25)(H,23,26)/t14-,16+,18+/m1/s1. The van der Waals surface area contributed by atoms with Gasteiger partial charge in [0.25, 0.3) is 5.91 Å². The number of hydrogen-bond donors (Lipinski definition) is 2. The van der Waals surface area contributed by atoms with Crippen LogP contribution in [0.3, 0.4) is 0 Å².